The number of hydrogen-bond acceptors (Lipinski definition) is 6. The zero-order valence-corrected chi connectivity index (χ0v) is 19.0. The van der Waals surface area contributed by atoms with E-state index in [0.717, 1.165) is 34.5 Å². The largest absolute Gasteiger partial charge is 0.468 e. The molecule has 8 nitrogen and oxygen atoms in total. The second-order valence-corrected chi connectivity index (χ2v) is 8.49. The third kappa shape index (κ3) is 5.13. The molecule has 0 saturated carbocycles. The highest BCUT2D eigenvalue weighted by atomic mass is 16.3. The molecule has 5 rings (SSSR count). The van der Waals surface area contributed by atoms with Gasteiger partial charge >= 0.3 is 0 Å². The highest BCUT2D eigenvalue weighted by Crippen LogP contribution is 2.16. The van der Waals surface area contributed by atoms with Crippen molar-refractivity contribution in [2.45, 2.75) is 39.5 Å². The van der Waals surface area contributed by atoms with Crippen molar-refractivity contribution in [2.24, 2.45) is 0 Å². The standard InChI is InChI=1S/C26H26N6O2/c1-19-9-10-21-15-22(26(33)27-24(21)14-19)16-31(17-23-8-5-13-34-23)18-25-28-29-30-32(25)12-11-20-6-3-2-4-7-20/h2-10,13-15H,11-12,16-18H2,1H3,(H,27,33). The second-order valence-electron chi connectivity index (χ2n) is 8.49. The molecular weight excluding hydrogens is 428 g/mol. The number of benzene rings is 2. The fourth-order valence-electron chi connectivity index (χ4n) is 4.10. The van der Waals surface area contributed by atoms with E-state index in [0.29, 0.717) is 31.7 Å². The lowest BCUT2D eigenvalue weighted by atomic mass is 10.1. The first-order valence-corrected chi connectivity index (χ1v) is 11.3. The molecule has 0 aliphatic rings. The number of rotatable bonds is 9. The molecule has 0 amide bonds. The highest BCUT2D eigenvalue weighted by molar-refractivity contribution is 5.79. The molecule has 5 aromatic rings. The summed E-state index contributed by atoms with van der Waals surface area (Å²) in [7, 11) is 0. The van der Waals surface area contributed by atoms with Crippen LogP contribution in [-0.4, -0.2) is 30.1 Å². The predicted octanol–water partition coefficient (Wildman–Crippen LogP) is 3.86. The zero-order valence-electron chi connectivity index (χ0n) is 19.0. The van der Waals surface area contributed by atoms with E-state index in [1.165, 1.54) is 5.56 Å². The van der Waals surface area contributed by atoms with Gasteiger partial charge in [0, 0.05) is 24.2 Å². The maximum atomic E-state index is 12.9. The summed E-state index contributed by atoms with van der Waals surface area (Å²) in [5, 5.41) is 13.4. The summed E-state index contributed by atoms with van der Waals surface area (Å²) in [4.78, 5) is 18.0. The van der Waals surface area contributed by atoms with Crippen molar-refractivity contribution in [2.75, 3.05) is 0 Å². The summed E-state index contributed by atoms with van der Waals surface area (Å²) in [6, 6.07) is 22.1. The Kier molecular flexibility index (Phi) is 6.31. The number of nitrogens with zero attached hydrogens (tertiary/aromatic N) is 5. The number of tetrazole rings is 1. The van der Waals surface area contributed by atoms with Crippen molar-refractivity contribution in [1.29, 1.82) is 0 Å². The third-order valence-corrected chi connectivity index (χ3v) is 5.86. The number of nitrogens with one attached hydrogen (secondary N) is 1. The number of H-pyrrole nitrogens is 1. The summed E-state index contributed by atoms with van der Waals surface area (Å²) in [5.74, 6) is 1.56. The van der Waals surface area contributed by atoms with Crippen LogP contribution < -0.4 is 5.56 Å². The summed E-state index contributed by atoms with van der Waals surface area (Å²) >= 11 is 0. The lowest BCUT2D eigenvalue weighted by Crippen LogP contribution is -2.28. The van der Waals surface area contributed by atoms with E-state index in [2.05, 4.69) is 37.5 Å². The molecule has 0 spiro atoms. The Morgan fingerprint density at radius 3 is 2.71 bits per heavy atom. The Morgan fingerprint density at radius 2 is 1.88 bits per heavy atom. The number of hydrogen-bond donors (Lipinski definition) is 1. The van der Waals surface area contributed by atoms with Crippen LogP contribution >= 0.6 is 0 Å². The summed E-state index contributed by atoms with van der Waals surface area (Å²) < 4.78 is 7.41. The molecule has 1 N–H and O–H groups in total. The van der Waals surface area contributed by atoms with Crippen molar-refractivity contribution >= 4 is 10.9 Å². The molecule has 0 saturated heterocycles. The van der Waals surface area contributed by atoms with Crippen LogP contribution in [0.2, 0.25) is 0 Å². The van der Waals surface area contributed by atoms with Crippen LogP contribution in [0.15, 0.2) is 82.2 Å². The Balaban J connectivity index is 1.38. The fraction of sp³-hybridized carbons (Fsp3) is 0.231. The average Bonchev–Trinajstić information content (AvgIpc) is 3.51. The zero-order chi connectivity index (χ0) is 23.3. The lowest BCUT2D eigenvalue weighted by Gasteiger charge is -2.20. The Morgan fingerprint density at radius 1 is 1.00 bits per heavy atom. The van der Waals surface area contributed by atoms with Crippen molar-refractivity contribution in [1.82, 2.24) is 30.1 Å². The van der Waals surface area contributed by atoms with E-state index in [9.17, 15) is 4.79 Å². The van der Waals surface area contributed by atoms with E-state index in [1.807, 2.05) is 66.2 Å². The van der Waals surface area contributed by atoms with E-state index in [-0.39, 0.29) is 5.56 Å². The van der Waals surface area contributed by atoms with Gasteiger partial charge in [0.2, 0.25) is 0 Å². The summed E-state index contributed by atoms with van der Waals surface area (Å²) in [5.41, 5.74) is 3.78. The van der Waals surface area contributed by atoms with Crippen LogP contribution in [0.5, 0.6) is 0 Å². The molecule has 0 aliphatic carbocycles. The number of aryl methyl sites for hydroxylation is 3. The first-order valence-electron chi connectivity index (χ1n) is 11.3. The SMILES string of the molecule is Cc1ccc2cc(CN(Cc3ccco3)Cc3nnnn3CCc3ccccc3)c(=O)[nH]c2c1. The van der Waals surface area contributed by atoms with Crippen LogP contribution in [0.4, 0.5) is 0 Å². The smallest absolute Gasteiger partial charge is 0.252 e. The van der Waals surface area contributed by atoms with Crippen LogP contribution in [0, 0.1) is 6.92 Å². The topological polar surface area (TPSA) is 92.8 Å². The number of aromatic amines is 1. The molecule has 0 aliphatic heterocycles. The van der Waals surface area contributed by atoms with Gasteiger partial charge in [0.1, 0.15) is 5.76 Å². The molecule has 3 heterocycles. The van der Waals surface area contributed by atoms with Crippen molar-refractivity contribution < 1.29 is 4.42 Å². The molecule has 0 bridgehead atoms. The van der Waals surface area contributed by atoms with Gasteiger partial charge in [0.15, 0.2) is 5.82 Å². The van der Waals surface area contributed by atoms with Gasteiger partial charge in [0.05, 0.1) is 19.4 Å². The molecule has 0 radical (unpaired) electrons. The minimum atomic E-state index is -0.0915. The van der Waals surface area contributed by atoms with Crippen LogP contribution in [0.25, 0.3) is 10.9 Å². The van der Waals surface area contributed by atoms with Gasteiger partial charge in [-0.2, -0.15) is 0 Å². The van der Waals surface area contributed by atoms with Crippen molar-refractivity contribution in [3.63, 3.8) is 0 Å². The maximum absolute atomic E-state index is 12.9. The van der Waals surface area contributed by atoms with E-state index < -0.39 is 0 Å². The van der Waals surface area contributed by atoms with Crippen LogP contribution in [0.1, 0.15) is 28.3 Å². The highest BCUT2D eigenvalue weighted by Gasteiger charge is 2.17. The first-order chi connectivity index (χ1) is 16.6. The van der Waals surface area contributed by atoms with Gasteiger partial charge in [-0.1, -0.05) is 42.5 Å². The summed E-state index contributed by atoms with van der Waals surface area (Å²) in [6.45, 7) is 4.14. The Hall–Kier alpha value is -4.04. The number of furan rings is 1. The van der Waals surface area contributed by atoms with Gasteiger partial charge in [-0.15, -0.1) is 5.10 Å². The molecule has 34 heavy (non-hydrogen) atoms. The van der Waals surface area contributed by atoms with Gasteiger partial charge in [-0.3, -0.25) is 9.69 Å². The summed E-state index contributed by atoms with van der Waals surface area (Å²) in [6.07, 6.45) is 2.49. The van der Waals surface area contributed by atoms with Crippen LogP contribution in [0.3, 0.4) is 0 Å². The Bertz CT molecular complexity index is 1420. The number of aromatic nitrogens is 5. The van der Waals surface area contributed by atoms with E-state index in [4.69, 9.17) is 4.42 Å². The monoisotopic (exact) mass is 454 g/mol. The van der Waals surface area contributed by atoms with Crippen molar-refractivity contribution in [3.05, 3.63) is 112 Å². The lowest BCUT2D eigenvalue weighted by molar-refractivity contribution is 0.216. The minimum absolute atomic E-state index is 0.0915. The van der Waals surface area contributed by atoms with Gasteiger partial charge < -0.3 is 9.40 Å². The molecule has 8 heteroatoms. The minimum Gasteiger partial charge on any atom is -0.468 e. The first kappa shape index (κ1) is 21.8. The molecule has 0 atom stereocenters. The number of fused-ring (bicyclic) bond motifs is 1. The second kappa shape index (κ2) is 9.84. The van der Waals surface area contributed by atoms with Gasteiger partial charge in [-0.05, 0) is 64.5 Å². The van der Waals surface area contributed by atoms with Crippen molar-refractivity contribution in [3.8, 4) is 0 Å². The number of pyridine rings is 1. The molecule has 3 aromatic heterocycles. The predicted molar refractivity (Wildman–Crippen MR) is 129 cm³/mol. The molecular formula is C26H26N6O2. The third-order valence-electron chi connectivity index (χ3n) is 5.86. The van der Waals surface area contributed by atoms with E-state index >= 15 is 0 Å². The Labute approximate surface area is 196 Å². The molecule has 0 unspecified atom stereocenters. The molecule has 0 fully saturated rings. The maximum Gasteiger partial charge on any atom is 0.252 e. The van der Waals surface area contributed by atoms with Gasteiger partial charge in [0.25, 0.3) is 5.56 Å². The van der Waals surface area contributed by atoms with Gasteiger partial charge in [-0.25, -0.2) is 4.68 Å². The average molecular weight is 455 g/mol. The molecule has 2 aromatic carbocycles. The fourth-order valence-corrected chi connectivity index (χ4v) is 4.10. The molecule has 172 valence electrons. The van der Waals surface area contributed by atoms with Crippen LogP contribution in [-0.2, 0) is 32.6 Å². The quantitative estimate of drug-likeness (QED) is 0.364. The van der Waals surface area contributed by atoms with E-state index in [1.54, 1.807) is 6.26 Å². The normalized spacial score (nSPS) is 11.5.